The first-order valence-electron chi connectivity index (χ1n) is 25.2. The van der Waals surface area contributed by atoms with Crippen molar-refractivity contribution in [1.29, 1.82) is 0 Å². The van der Waals surface area contributed by atoms with Crippen molar-refractivity contribution in [3.05, 3.63) is 60.3 Å². The van der Waals surface area contributed by atoms with Crippen LogP contribution in [-0.4, -0.2) is 133 Å². The lowest BCUT2D eigenvalue weighted by atomic mass is 9.74. The number of aliphatic hydroxyl groups is 3. The molecule has 18 heteroatoms. The van der Waals surface area contributed by atoms with Gasteiger partial charge in [0.05, 0.1) is 59.5 Å². The van der Waals surface area contributed by atoms with E-state index in [-0.39, 0.29) is 30.6 Å². The summed E-state index contributed by atoms with van der Waals surface area (Å²) in [5, 5.41) is 46.5. The van der Waals surface area contributed by atoms with E-state index in [1.807, 2.05) is 61.2 Å². The Morgan fingerprint density at radius 1 is 0.986 bits per heavy atom. The fraction of sp³-hybridized carbons (Fsp3) is 0.660. The molecule has 2 fully saturated rings. The molecule has 14 atom stereocenters. The average molecular weight is 993 g/mol. The number of benzene rings is 2. The van der Waals surface area contributed by atoms with Gasteiger partial charge in [-0.3, -0.25) is 28.8 Å². The number of rotatable bonds is 17. The van der Waals surface area contributed by atoms with Gasteiger partial charge in [0.15, 0.2) is 12.4 Å². The van der Waals surface area contributed by atoms with Crippen LogP contribution < -0.4 is 11.1 Å². The van der Waals surface area contributed by atoms with E-state index in [0.29, 0.717) is 37.3 Å². The van der Waals surface area contributed by atoms with Gasteiger partial charge in [-0.1, -0.05) is 82.1 Å². The second-order valence-electron chi connectivity index (χ2n) is 20.5. The van der Waals surface area contributed by atoms with Crippen LogP contribution in [0.1, 0.15) is 119 Å². The number of hydrogen-bond acceptors (Lipinski definition) is 16. The SMILES string of the molecule is CC[C@H]1OC(=O)[C@H](C)[C@@H](O)[C@H](C)[C@@H](O[C@@H]2O[C@H](C)C[C@H](N(C)Cc3ccc(-c4cn(CCCCCCC(=O)Nc5ccccc5N)nn4)cc3)[C@H]2OC(C)=O)[C@](C)(OC)C[C@@H](C)C(=O)[C@H](C)[C@@H](O)[C@]1(C)O. The summed E-state index contributed by atoms with van der Waals surface area (Å²) in [6, 6.07) is 14.8. The Morgan fingerprint density at radius 2 is 1.66 bits per heavy atom. The minimum Gasteiger partial charge on any atom is -0.459 e. The fourth-order valence-electron chi connectivity index (χ4n) is 10.3. The lowest BCUT2D eigenvalue weighted by Crippen LogP contribution is -2.61. The molecule has 3 aromatic rings. The van der Waals surface area contributed by atoms with Crippen LogP contribution in [0.4, 0.5) is 11.4 Å². The molecule has 18 nitrogen and oxygen atoms in total. The number of amides is 1. The topological polar surface area (TPSA) is 247 Å². The van der Waals surface area contributed by atoms with Gasteiger partial charge in [0.25, 0.3) is 0 Å². The summed E-state index contributed by atoms with van der Waals surface area (Å²) in [7, 11) is 3.41. The molecule has 6 N–H and O–H groups in total. The molecule has 0 bridgehead atoms. The molecule has 0 spiro atoms. The maximum absolute atomic E-state index is 14.0. The Bertz CT molecular complexity index is 2220. The standard InChI is InChI=1S/C53H80N6O12/c1-12-43-53(9,66)48(64)33(4)45(62)31(2)28-52(8,67-11)49(34(5)46(63)35(6)50(65)70-43)71-51-47(69-36(7)60)42(27-32(3)68-51)58(10)29-37-22-24-38(25-23-37)41-30-59(57-56-41)26-18-14-13-15-21-44(61)55-40-20-17-16-19-39(40)54/h16-17,19-20,22-25,30-35,42-43,46-49,51,63-64,66H,12-15,18,21,26-29,54H2,1-11H3,(H,55,61)/t31-,32-,33+,34+,35-,42+,43-,46+,47-,48-,49-,51+,52-,53-/m1/s1. The van der Waals surface area contributed by atoms with Crippen LogP contribution in [0.25, 0.3) is 11.3 Å². The van der Waals surface area contributed by atoms with Crippen LogP contribution >= 0.6 is 0 Å². The maximum Gasteiger partial charge on any atom is 0.311 e. The molecule has 0 saturated carbocycles. The Kier molecular flexibility index (Phi) is 20.3. The third-order valence-corrected chi connectivity index (χ3v) is 14.7. The summed E-state index contributed by atoms with van der Waals surface area (Å²) < 4.78 is 33.3. The zero-order valence-corrected chi connectivity index (χ0v) is 43.6. The maximum atomic E-state index is 14.0. The number of aliphatic hydroxyl groups excluding tert-OH is 2. The highest BCUT2D eigenvalue weighted by Gasteiger charge is 2.52. The summed E-state index contributed by atoms with van der Waals surface area (Å²) in [6.07, 6.45) is -1.14. The monoisotopic (exact) mass is 993 g/mol. The van der Waals surface area contributed by atoms with Crippen LogP contribution in [0.2, 0.25) is 0 Å². The van der Waals surface area contributed by atoms with Crippen molar-refractivity contribution in [1.82, 2.24) is 19.9 Å². The molecule has 1 amide bonds. The summed E-state index contributed by atoms with van der Waals surface area (Å²) in [5.74, 6) is -5.52. The number of hydrogen-bond donors (Lipinski definition) is 5. The van der Waals surface area contributed by atoms with Crippen molar-refractivity contribution in [3.8, 4) is 11.3 Å². The molecular formula is C53H80N6O12. The molecule has 1 aromatic heterocycles. The Labute approximate surface area is 419 Å². The number of nitrogens with zero attached hydrogens (tertiary/aromatic N) is 4. The second-order valence-corrected chi connectivity index (χ2v) is 20.5. The zero-order valence-electron chi connectivity index (χ0n) is 43.6. The number of anilines is 2. The van der Waals surface area contributed by atoms with E-state index in [2.05, 4.69) is 20.5 Å². The number of aryl methyl sites for hydroxylation is 1. The number of Topliss-reactive ketones (excluding diaryl/α,β-unsaturated/α-hetero) is 1. The molecular weight excluding hydrogens is 913 g/mol. The number of ketones is 1. The molecule has 2 aliphatic heterocycles. The number of para-hydroxylation sites is 2. The number of carbonyl (C=O) groups is 4. The molecule has 2 aliphatic rings. The number of nitrogens with two attached hydrogens (primary N) is 1. The number of likely N-dealkylation sites (N-methyl/N-ethyl adjacent to an activating group) is 1. The van der Waals surface area contributed by atoms with Crippen molar-refractivity contribution in [2.75, 3.05) is 25.2 Å². The van der Waals surface area contributed by atoms with Crippen molar-refractivity contribution in [2.24, 2.45) is 23.7 Å². The van der Waals surface area contributed by atoms with Gasteiger partial charge in [-0.05, 0) is 84.5 Å². The summed E-state index contributed by atoms with van der Waals surface area (Å²) in [5.41, 5.74) is 6.45. The largest absolute Gasteiger partial charge is 0.459 e. The first-order valence-corrected chi connectivity index (χ1v) is 25.2. The summed E-state index contributed by atoms with van der Waals surface area (Å²) in [4.78, 5) is 55.0. The minimum absolute atomic E-state index is 0.0503. The van der Waals surface area contributed by atoms with Crippen LogP contribution in [-0.2, 0) is 56.0 Å². The third kappa shape index (κ3) is 14.5. The van der Waals surface area contributed by atoms with Crippen molar-refractivity contribution in [3.63, 3.8) is 0 Å². The lowest BCUT2D eigenvalue weighted by Gasteiger charge is -2.49. The first kappa shape index (κ1) is 57.1. The van der Waals surface area contributed by atoms with Gasteiger partial charge in [0.2, 0.25) is 5.91 Å². The highest BCUT2D eigenvalue weighted by Crippen LogP contribution is 2.40. The average Bonchev–Trinajstić information content (AvgIpc) is 3.81. The molecule has 71 heavy (non-hydrogen) atoms. The first-order chi connectivity index (χ1) is 33.5. The van der Waals surface area contributed by atoms with Crippen LogP contribution in [0.5, 0.6) is 0 Å². The molecule has 2 saturated heterocycles. The van der Waals surface area contributed by atoms with E-state index in [1.165, 1.54) is 34.8 Å². The van der Waals surface area contributed by atoms with Crippen molar-refractivity contribution < 1.29 is 58.2 Å². The zero-order chi connectivity index (χ0) is 52.4. The van der Waals surface area contributed by atoms with Gasteiger partial charge >= 0.3 is 11.9 Å². The Hall–Kier alpha value is -4.82. The number of ether oxygens (including phenoxy) is 5. The normalized spacial score (nSPS) is 32.2. The number of nitrogen functional groups attached to an aromatic ring is 1. The predicted molar refractivity (Wildman–Crippen MR) is 267 cm³/mol. The molecule has 394 valence electrons. The number of unbranched alkanes of at least 4 members (excludes halogenated alkanes) is 3. The van der Waals surface area contributed by atoms with Gasteiger partial charge in [-0.15, -0.1) is 5.10 Å². The van der Waals surface area contributed by atoms with Crippen LogP contribution in [0, 0.1) is 23.7 Å². The van der Waals surface area contributed by atoms with E-state index in [0.717, 1.165) is 42.5 Å². The smallest absolute Gasteiger partial charge is 0.311 e. The highest BCUT2D eigenvalue weighted by atomic mass is 16.7. The number of methoxy groups -OCH3 is 1. The molecule has 3 heterocycles. The molecule has 0 radical (unpaired) electrons. The number of carbonyl (C=O) groups excluding carboxylic acids is 4. The van der Waals surface area contributed by atoms with Crippen molar-refractivity contribution >= 4 is 35.0 Å². The van der Waals surface area contributed by atoms with E-state index >= 15 is 0 Å². The quantitative estimate of drug-likeness (QED) is 0.0584. The Balaban J connectivity index is 1.27. The van der Waals surface area contributed by atoms with Crippen molar-refractivity contribution in [2.45, 2.75) is 187 Å². The van der Waals surface area contributed by atoms with E-state index in [9.17, 15) is 34.5 Å². The Morgan fingerprint density at radius 3 is 2.31 bits per heavy atom. The van der Waals surface area contributed by atoms with Gasteiger partial charge in [-0.25, -0.2) is 0 Å². The highest BCUT2D eigenvalue weighted by molar-refractivity contribution is 5.93. The van der Waals surface area contributed by atoms with Gasteiger partial charge in [-0.2, -0.15) is 0 Å². The second kappa shape index (κ2) is 25.2. The lowest BCUT2D eigenvalue weighted by molar-refractivity contribution is -0.304. The molecule has 2 aromatic carbocycles. The molecule has 0 unspecified atom stereocenters. The fourth-order valence-corrected chi connectivity index (χ4v) is 10.3. The third-order valence-electron chi connectivity index (χ3n) is 14.7. The van der Waals surface area contributed by atoms with Gasteiger partial charge < -0.3 is 50.1 Å². The van der Waals surface area contributed by atoms with E-state index in [4.69, 9.17) is 29.4 Å². The minimum atomic E-state index is -1.97. The number of aromatic nitrogens is 3. The van der Waals surface area contributed by atoms with E-state index < -0.39 is 89.7 Å². The van der Waals surface area contributed by atoms with Crippen LogP contribution in [0.15, 0.2) is 54.7 Å². The predicted octanol–water partition coefficient (Wildman–Crippen LogP) is 6.09. The summed E-state index contributed by atoms with van der Waals surface area (Å²) >= 11 is 0. The number of nitrogens with one attached hydrogen (secondary N) is 1. The molecule has 5 rings (SSSR count). The van der Waals surface area contributed by atoms with Gasteiger partial charge in [0.1, 0.15) is 23.2 Å². The van der Waals surface area contributed by atoms with Crippen LogP contribution in [0.3, 0.4) is 0 Å². The van der Waals surface area contributed by atoms with Gasteiger partial charge in [0, 0.05) is 56.9 Å². The number of esters is 2. The number of cyclic esters (lactones) is 1. The van der Waals surface area contributed by atoms with E-state index in [1.54, 1.807) is 39.8 Å². The molecule has 0 aliphatic carbocycles. The summed E-state index contributed by atoms with van der Waals surface area (Å²) in [6.45, 7) is 15.7.